The van der Waals surface area contributed by atoms with Crippen LogP contribution in [0.5, 0.6) is 5.75 Å². The summed E-state index contributed by atoms with van der Waals surface area (Å²) in [7, 11) is 0. The van der Waals surface area contributed by atoms with Gasteiger partial charge in [0, 0.05) is 16.9 Å². The van der Waals surface area contributed by atoms with Gasteiger partial charge in [-0.1, -0.05) is 22.0 Å². The van der Waals surface area contributed by atoms with E-state index >= 15 is 0 Å². The Morgan fingerprint density at radius 2 is 2.25 bits per heavy atom. The van der Waals surface area contributed by atoms with Crippen LogP contribution in [-0.4, -0.2) is 24.0 Å². The molecule has 0 amide bonds. The third kappa shape index (κ3) is 3.52. The number of Topliss-reactive ketones (excluding diaryl/α,β-unsaturated/α-hetero) is 1. The van der Waals surface area contributed by atoms with E-state index in [1.807, 2.05) is 31.4 Å². The summed E-state index contributed by atoms with van der Waals surface area (Å²) in [5.41, 5.74) is 1.00. The van der Waals surface area contributed by atoms with Gasteiger partial charge in [-0.25, -0.2) is 0 Å². The van der Waals surface area contributed by atoms with Crippen molar-refractivity contribution in [2.45, 2.75) is 18.2 Å². The number of hydrogen-bond donors (Lipinski definition) is 0. The average Bonchev–Trinajstić information content (AvgIpc) is 2.31. The van der Waals surface area contributed by atoms with E-state index < -0.39 is 0 Å². The highest BCUT2D eigenvalue weighted by atomic mass is 79.9. The monoisotopic (exact) mass is 302 g/mol. The number of ketones is 1. The number of carbonyl (C=O) groups is 1. The van der Waals surface area contributed by atoms with Crippen molar-refractivity contribution >= 4 is 33.5 Å². The van der Waals surface area contributed by atoms with Crippen molar-refractivity contribution in [3.8, 4) is 5.75 Å². The maximum atomic E-state index is 11.5. The third-order valence-corrected chi connectivity index (χ3v) is 3.58. The molecule has 88 valence electrons. The fourth-order valence-electron chi connectivity index (χ4n) is 1.45. The van der Waals surface area contributed by atoms with Crippen LogP contribution in [0.1, 0.15) is 12.5 Å². The number of benzene rings is 1. The van der Waals surface area contributed by atoms with Gasteiger partial charge in [0.25, 0.3) is 0 Å². The first-order chi connectivity index (χ1) is 7.72. The smallest absolute Gasteiger partial charge is 0.147 e. The van der Waals surface area contributed by atoms with Crippen LogP contribution in [0.25, 0.3) is 0 Å². The van der Waals surface area contributed by atoms with E-state index in [0.717, 1.165) is 16.2 Å². The summed E-state index contributed by atoms with van der Waals surface area (Å²) in [6, 6.07) is 5.89. The lowest BCUT2D eigenvalue weighted by molar-refractivity contribution is -0.115. The Bertz CT molecular complexity index is 366. The molecule has 0 saturated carbocycles. The van der Waals surface area contributed by atoms with Crippen molar-refractivity contribution in [3.63, 3.8) is 0 Å². The predicted octanol–water partition coefficient (Wildman–Crippen LogP) is 3.31. The Morgan fingerprint density at radius 3 is 2.81 bits per heavy atom. The van der Waals surface area contributed by atoms with Crippen LogP contribution >= 0.6 is 27.7 Å². The van der Waals surface area contributed by atoms with Crippen LogP contribution in [0.15, 0.2) is 23.1 Å². The Labute approximate surface area is 109 Å². The molecule has 0 radical (unpaired) electrons. The number of hydrogen-bond acceptors (Lipinski definition) is 3. The molecule has 0 spiro atoms. The first-order valence-corrected chi connectivity index (χ1v) is 7.43. The molecule has 16 heavy (non-hydrogen) atoms. The molecule has 0 atom stereocenters. The SMILES string of the molecule is CCOc1cccc(SC)c1CC(=O)CBr. The maximum Gasteiger partial charge on any atom is 0.147 e. The Kier molecular flexibility index (Phi) is 5.91. The molecule has 0 saturated heterocycles. The molecule has 0 N–H and O–H groups in total. The lowest BCUT2D eigenvalue weighted by Gasteiger charge is -2.12. The van der Waals surface area contributed by atoms with Crippen LogP contribution in [0.3, 0.4) is 0 Å². The standard InChI is InChI=1S/C12H15BrO2S/c1-3-15-11-5-4-6-12(16-2)10(11)7-9(14)8-13/h4-6H,3,7-8H2,1-2H3. The van der Waals surface area contributed by atoms with Crippen molar-refractivity contribution in [1.29, 1.82) is 0 Å². The number of carbonyl (C=O) groups excluding carboxylic acids is 1. The lowest BCUT2D eigenvalue weighted by Crippen LogP contribution is -2.07. The minimum atomic E-state index is 0.169. The summed E-state index contributed by atoms with van der Waals surface area (Å²) in [5, 5.41) is 0.390. The fraction of sp³-hybridized carbons (Fsp3) is 0.417. The Balaban J connectivity index is 3.03. The van der Waals surface area contributed by atoms with E-state index in [0.29, 0.717) is 18.4 Å². The molecule has 0 aliphatic carbocycles. The van der Waals surface area contributed by atoms with E-state index in [1.165, 1.54) is 0 Å². The third-order valence-electron chi connectivity index (χ3n) is 2.13. The summed E-state index contributed by atoms with van der Waals surface area (Å²) in [6.45, 7) is 2.56. The van der Waals surface area contributed by atoms with Crippen molar-refractivity contribution < 1.29 is 9.53 Å². The lowest BCUT2D eigenvalue weighted by atomic mass is 10.1. The van der Waals surface area contributed by atoms with Gasteiger partial charge in [-0.2, -0.15) is 0 Å². The maximum absolute atomic E-state index is 11.5. The van der Waals surface area contributed by atoms with Gasteiger partial charge in [-0.15, -0.1) is 11.8 Å². The second kappa shape index (κ2) is 6.97. The molecular formula is C12H15BrO2S. The van der Waals surface area contributed by atoms with Crippen molar-refractivity contribution in [3.05, 3.63) is 23.8 Å². The fourth-order valence-corrected chi connectivity index (χ4v) is 2.28. The predicted molar refractivity (Wildman–Crippen MR) is 71.9 cm³/mol. The van der Waals surface area contributed by atoms with Gasteiger partial charge in [0.1, 0.15) is 11.5 Å². The molecule has 4 heteroatoms. The van der Waals surface area contributed by atoms with Crippen molar-refractivity contribution in [2.24, 2.45) is 0 Å². The van der Waals surface area contributed by atoms with Gasteiger partial charge < -0.3 is 4.74 Å². The number of halogens is 1. The van der Waals surface area contributed by atoms with Gasteiger partial charge in [0.05, 0.1) is 11.9 Å². The number of rotatable bonds is 6. The number of thioether (sulfide) groups is 1. The minimum absolute atomic E-state index is 0.169. The second-order valence-electron chi connectivity index (χ2n) is 3.22. The summed E-state index contributed by atoms with van der Waals surface area (Å²) in [4.78, 5) is 12.6. The molecule has 0 aromatic heterocycles. The van der Waals surface area contributed by atoms with Gasteiger partial charge in [-0.05, 0) is 25.3 Å². The minimum Gasteiger partial charge on any atom is -0.494 e. The van der Waals surface area contributed by atoms with Crippen molar-refractivity contribution in [1.82, 2.24) is 0 Å². The van der Waals surface area contributed by atoms with Crippen LogP contribution in [0.4, 0.5) is 0 Å². The first kappa shape index (κ1) is 13.6. The molecule has 0 heterocycles. The van der Waals surface area contributed by atoms with Crippen LogP contribution in [0.2, 0.25) is 0 Å². The zero-order valence-electron chi connectivity index (χ0n) is 9.46. The number of alkyl halides is 1. The normalized spacial score (nSPS) is 10.2. The molecule has 2 nitrogen and oxygen atoms in total. The van der Waals surface area contributed by atoms with Crippen molar-refractivity contribution in [2.75, 3.05) is 18.2 Å². The molecule has 1 aromatic rings. The average molecular weight is 303 g/mol. The molecule has 0 aliphatic rings. The summed E-state index contributed by atoms with van der Waals surface area (Å²) < 4.78 is 5.54. The van der Waals surface area contributed by atoms with Gasteiger partial charge in [0.2, 0.25) is 0 Å². The highest BCUT2D eigenvalue weighted by Crippen LogP contribution is 2.29. The summed E-state index contributed by atoms with van der Waals surface area (Å²) in [6.07, 6.45) is 2.44. The van der Waals surface area contributed by atoms with E-state index in [4.69, 9.17) is 4.74 Å². The molecule has 0 fully saturated rings. The van der Waals surface area contributed by atoms with E-state index in [1.54, 1.807) is 11.8 Å². The highest BCUT2D eigenvalue weighted by Gasteiger charge is 2.12. The molecule has 1 aromatic carbocycles. The Morgan fingerprint density at radius 1 is 1.50 bits per heavy atom. The topological polar surface area (TPSA) is 26.3 Å². The molecule has 1 rings (SSSR count). The molecular weight excluding hydrogens is 288 g/mol. The quantitative estimate of drug-likeness (QED) is 0.596. The molecule has 0 bridgehead atoms. The van der Waals surface area contributed by atoms with E-state index in [9.17, 15) is 4.79 Å². The zero-order valence-corrected chi connectivity index (χ0v) is 11.9. The molecule has 0 aliphatic heterocycles. The van der Waals surface area contributed by atoms with Gasteiger partial charge in [-0.3, -0.25) is 4.79 Å². The van der Waals surface area contributed by atoms with E-state index in [-0.39, 0.29) is 5.78 Å². The van der Waals surface area contributed by atoms with Gasteiger partial charge >= 0.3 is 0 Å². The number of ether oxygens (including phenoxy) is 1. The van der Waals surface area contributed by atoms with Crippen LogP contribution in [-0.2, 0) is 11.2 Å². The largest absolute Gasteiger partial charge is 0.494 e. The summed E-state index contributed by atoms with van der Waals surface area (Å²) in [5.74, 6) is 0.992. The van der Waals surface area contributed by atoms with Crippen LogP contribution in [0, 0.1) is 0 Å². The Hall–Kier alpha value is -0.480. The van der Waals surface area contributed by atoms with E-state index in [2.05, 4.69) is 15.9 Å². The second-order valence-corrected chi connectivity index (χ2v) is 4.63. The highest BCUT2D eigenvalue weighted by molar-refractivity contribution is 9.09. The summed E-state index contributed by atoms with van der Waals surface area (Å²) >= 11 is 4.83. The first-order valence-electron chi connectivity index (χ1n) is 5.09. The zero-order chi connectivity index (χ0) is 12.0. The van der Waals surface area contributed by atoms with Gasteiger partial charge in [0.15, 0.2) is 0 Å². The molecule has 0 unspecified atom stereocenters. The van der Waals surface area contributed by atoms with Crippen LogP contribution < -0.4 is 4.74 Å².